The van der Waals surface area contributed by atoms with Gasteiger partial charge in [-0.2, -0.15) is 0 Å². The van der Waals surface area contributed by atoms with E-state index in [0.717, 1.165) is 22.3 Å². The summed E-state index contributed by atoms with van der Waals surface area (Å²) < 4.78 is 29.7. The van der Waals surface area contributed by atoms with Crippen molar-refractivity contribution < 1.29 is 33.6 Å². The molecule has 0 amide bonds. The molecule has 0 bridgehead atoms. The molecule has 0 aromatic heterocycles. The SMILES string of the molecule is CCOC(=O)CC(O)CC(O)C=Cc1c(C(C)C)cc2c(c1-c1ccc(F)cc1)OCO2. The van der Waals surface area contributed by atoms with E-state index in [1.165, 1.54) is 12.1 Å². The van der Waals surface area contributed by atoms with Crippen LogP contribution in [-0.2, 0) is 9.53 Å². The number of carbonyl (C=O) groups is 1. The van der Waals surface area contributed by atoms with E-state index >= 15 is 0 Å². The molecule has 2 aromatic rings. The summed E-state index contributed by atoms with van der Waals surface area (Å²) in [6.07, 6.45) is 1.16. The smallest absolute Gasteiger partial charge is 0.308 e. The van der Waals surface area contributed by atoms with E-state index < -0.39 is 18.2 Å². The van der Waals surface area contributed by atoms with Crippen LogP contribution in [0.15, 0.2) is 36.4 Å². The topological polar surface area (TPSA) is 85.2 Å². The molecule has 1 aliphatic rings. The van der Waals surface area contributed by atoms with E-state index in [1.807, 2.05) is 19.9 Å². The largest absolute Gasteiger partial charge is 0.466 e. The average molecular weight is 444 g/mol. The number of rotatable bonds is 9. The van der Waals surface area contributed by atoms with Gasteiger partial charge in [0, 0.05) is 12.0 Å². The Balaban J connectivity index is 1.94. The van der Waals surface area contributed by atoms with Gasteiger partial charge in [0.1, 0.15) is 5.82 Å². The van der Waals surface area contributed by atoms with Crippen molar-refractivity contribution in [3.63, 3.8) is 0 Å². The average Bonchev–Trinajstić information content (AvgIpc) is 3.20. The quantitative estimate of drug-likeness (QED) is 0.557. The Morgan fingerprint density at radius 3 is 2.59 bits per heavy atom. The van der Waals surface area contributed by atoms with Crippen molar-refractivity contribution in [1.82, 2.24) is 0 Å². The molecule has 2 aromatic carbocycles. The molecule has 0 radical (unpaired) electrons. The molecule has 0 spiro atoms. The number of halogens is 1. The lowest BCUT2D eigenvalue weighted by atomic mass is 9.88. The molecule has 2 atom stereocenters. The third kappa shape index (κ3) is 5.66. The van der Waals surface area contributed by atoms with E-state index in [4.69, 9.17) is 14.2 Å². The summed E-state index contributed by atoms with van der Waals surface area (Å²) in [5, 5.41) is 20.5. The normalized spacial score (nSPS) is 14.7. The number of fused-ring (bicyclic) bond motifs is 1. The van der Waals surface area contributed by atoms with E-state index in [2.05, 4.69) is 0 Å². The molecule has 172 valence electrons. The molecule has 1 aliphatic heterocycles. The number of hydrogen-bond donors (Lipinski definition) is 2. The Hall–Kier alpha value is -2.90. The highest BCUT2D eigenvalue weighted by molar-refractivity contribution is 5.85. The predicted octanol–water partition coefficient (Wildman–Crippen LogP) is 4.42. The van der Waals surface area contributed by atoms with Crippen LogP contribution in [0.5, 0.6) is 11.5 Å². The third-order valence-electron chi connectivity index (χ3n) is 5.20. The Morgan fingerprint density at radius 1 is 1.22 bits per heavy atom. The van der Waals surface area contributed by atoms with Crippen LogP contribution in [0.2, 0.25) is 0 Å². The number of hydrogen-bond acceptors (Lipinski definition) is 6. The van der Waals surface area contributed by atoms with Gasteiger partial charge in [-0.25, -0.2) is 4.39 Å². The van der Waals surface area contributed by atoms with Crippen LogP contribution in [0, 0.1) is 5.82 Å². The second-order valence-corrected chi connectivity index (χ2v) is 7.97. The lowest BCUT2D eigenvalue weighted by Crippen LogP contribution is -2.20. The van der Waals surface area contributed by atoms with E-state index in [9.17, 15) is 19.4 Å². The second kappa shape index (κ2) is 10.6. The summed E-state index contributed by atoms with van der Waals surface area (Å²) >= 11 is 0. The minimum Gasteiger partial charge on any atom is -0.466 e. The predicted molar refractivity (Wildman–Crippen MR) is 119 cm³/mol. The molecule has 6 nitrogen and oxygen atoms in total. The van der Waals surface area contributed by atoms with Gasteiger partial charge in [0.25, 0.3) is 0 Å². The molecule has 0 saturated carbocycles. The van der Waals surface area contributed by atoms with Crippen LogP contribution >= 0.6 is 0 Å². The number of benzene rings is 2. The fourth-order valence-corrected chi connectivity index (χ4v) is 3.70. The van der Waals surface area contributed by atoms with Crippen LogP contribution in [0.1, 0.15) is 50.7 Å². The van der Waals surface area contributed by atoms with E-state index in [1.54, 1.807) is 31.2 Å². The second-order valence-electron chi connectivity index (χ2n) is 7.97. The van der Waals surface area contributed by atoms with Gasteiger partial charge in [-0.1, -0.05) is 38.1 Å². The fraction of sp³-hybridized carbons (Fsp3) is 0.400. The van der Waals surface area contributed by atoms with Crippen molar-refractivity contribution in [1.29, 1.82) is 0 Å². The molecule has 2 N–H and O–H groups in total. The van der Waals surface area contributed by atoms with Gasteiger partial charge in [-0.05, 0) is 47.7 Å². The van der Waals surface area contributed by atoms with Gasteiger partial charge in [0.2, 0.25) is 6.79 Å². The summed E-state index contributed by atoms with van der Waals surface area (Å²) in [4.78, 5) is 11.5. The zero-order valence-corrected chi connectivity index (χ0v) is 18.5. The molecule has 0 saturated heterocycles. The highest BCUT2D eigenvalue weighted by Crippen LogP contribution is 2.47. The Morgan fingerprint density at radius 2 is 1.94 bits per heavy atom. The van der Waals surface area contributed by atoms with Crippen molar-refractivity contribution in [3.05, 3.63) is 53.4 Å². The number of carbonyl (C=O) groups excluding carboxylic acids is 1. The monoisotopic (exact) mass is 444 g/mol. The summed E-state index contributed by atoms with van der Waals surface area (Å²) in [5.41, 5.74) is 3.30. The van der Waals surface area contributed by atoms with Crippen LogP contribution < -0.4 is 9.47 Å². The molecule has 7 heteroatoms. The highest BCUT2D eigenvalue weighted by Gasteiger charge is 2.25. The van der Waals surface area contributed by atoms with Gasteiger partial charge in [-0.15, -0.1) is 0 Å². The van der Waals surface area contributed by atoms with E-state index in [-0.39, 0.29) is 38.0 Å². The van der Waals surface area contributed by atoms with Gasteiger partial charge < -0.3 is 24.4 Å². The summed E-state index contributed by atoms with van der Waals surface area (Å²) in [7, 11) is 0. The minimum absolute atomic E-state index is 0.0112. The Bertz CT molecular complexity index is 967. The van der Waals surface area contributed by atoms with E-state index in [0.29, 0.717) is 11.5 Å². The molecular formula is C25H29FO6. The highest BCUT2D eigenvalue weighted by atomic mass is 19.1. The molecule has 0 fully saturated rings. The summed E-state index contributed by atoms with van der Waals surface area (Å²) in [6, 6.07) is 8.03. The minimum atomic E-state index is -1.02. The fourth-order valence-electron chi connectivity index (χ4n) is 3.70. The molecule has 32 heavy (non-hydrogen) atoms. The number of esters is 1. The lowest BCUT2D eigenvalue weighted by molar-refractivity contribution is -0.145. The summed E-state index contributed by atoms with van der Waals surface area (Å²) in [6.45, 7) is 6.11. The standard InChI is InChI=1S/C25H29FO6/c1-4-30-23(29)12-19(28)11-18(27)9-10-20-21(15(2)3)13-22-25(32-14-31-22)24(20)16-5-7-17(26)8-6-16/h5-10,13,15,18-19,27-28H,4,11-12,14H2,1-3H3. The number of aliphatic hydroxyl groups excluding tert-OH is 2. The van der Waals surface area contributed by atoms with Crippen LogP contribution in [-0.4, -0.2) is 41.8 Å². The molecule has 1 heterocycles. The van der Waals surface area contributed by atoms with Crippen LogP contribution in [0.4, 0.5) is 4.39 Å². The maximum absolute atomic E-state index is 13.5. The van der Waals surface area contributed by atoms with Crippen molar-refractivity contribution in [2.45, 2.75) is 51.7 Å². The van der Waals surface area contributed by atoms with Crippen LogP contribution in [0.25, 0.3) is 17.2 Å². The number of aliphatic hydroxyl groups is 2. The molecule has 2 unspecified atom stereocenters. The first-order chi connectivity index (χ1) is 15.3. The van der Waals surface area contributed by atoms with Crippen LogP contribution in [0.3, 0.4) is 0 Å². The molecule has 3 rings (SSSR count). The maximum Gasteiger partial charge on any atom is 0.308 e. The van der Waals surface area contributed by atoms with Gasteiger partial charge in [-0.3, -0.25) is 4.79 Å². The Labute approximate surface area is 187 Å². The maximum atomic E-state index is 13.5. The first-order valence-corrected chi connectivity index (χ1v) is 10.7. The third-order valence-corrected chi connectivity index (χ3v) is 5.20. The van der Waals surface area contributed by atoms with Crippen molar-refractivity contribution >= 4 is 12.0 Å². The van der Waals surface area contributed by atoms with Gasteiger partial charge in [0.15, 0.2) is 11.5 Å². The lowest BCUT2D eigenvalue weighted by Gasteiger charge is -2.18. The van der Waals surface area contributed by atoms with Gasteiger partial charge >= 0.3 is 5.97 Å². The zero-order chi connectivity index (χ0) is 23.3. The van der Waals surface area contributed by atoms with Gasteiger partial charge in [0.05, 0.1) is 25.2 Å². The summed E-state index contributed by atoms with van der Waals surface area (Å²) in [5.74, 6) is 0.473. The van der Waals surface area contributed by atoms with Crippen molar-refractivity contribution in [3.8, 4) is 22.6 Å². The molecular weight excluding hydrogens is 415 g/mol. The molecule has 0 aliphatic carbocycles. The van der Waals surface area contributed by atoms with Crippen molar-refractivity contribution in [2.24, 2.45) is 0 Å². The number of ether oxygens (including phenoxy) is 3. The first-order valence-electron chi connectivity index (χ1n) is 10.7. The Kier molecular flexibility index (Phi) is 7.88. The zero-order valence-electron chi connectivity index (χ0n) is 18.5. The first kappa shape index (κ1) is 23.8. The van der Waals surface area contributed by atoms with Crippen molar-refractivity contribution in [2.75, 3.05) is 13.4 Å².